The molecular formula is C31H50N6S. The van der Waals surface area contributed by atoms with Crippen molar-refractivity contribution in [2.24, 2.45) is 7.05 Å². The Morgan fingerprint density at radius 3 is 1.50 bits per heavy atom. The van der Waals surface area contributed by atoms with Gasteiger partial charge in [-0.05, 0) is 45.1 Å². The Morgan fingerprint density at radius 1 is 0.711 bits per heavy atom. The van der Waals surface area contributed by atoms with Crippen molar-refractivity contribution in [2.75, 3.05) is 0 Å². The molecule has 0 atom stereocenters. The fourth-order valence-electron chi connectivity index (χ4n) is 2.90. The maximum atomic E-state index is 4.21. The summed E-state index contributed by atoms with van der Waals surface area (Å²) in [4.78, 5) is 8.16. The first kappa shape index (κ1) is 33.2. The highest BCUT2D eigenvalue weighted by Crippen LogP contribution is 2.22. The largest absolute Gasteiger partial charge is 0.285 e. The van der Waals surface area contributed by atoms with Gasteiger partial charge in [0.25, 0.3) is 0 Å². The minimum atomic E-state index is 0.222. The van der Waals surface area contributed by atoms with Gasteiger partial charge in [-0.3, -0.25) is 14.8 Å². The summed E-state index contributed by atoms with van der Waals surface area (Å²) in [6.45, 7) is 26.1. The van der Waals surface area contributed by atoms with Gasteiger partial charge in [-0.25, -0.2) is 4.98 Å². The van der Waals surface area contributed by atoms with Crippen molar-refractivity contribution in [2.45, 2.75) is 105 Å². The summed E-state index contributed by atoms with van der Waals surface area (Å²) in [5.41, 5.74) is 7.87. The maximum absolute atomic E-state index is 4.21. The predicted molar refractivity (Wildman–Crippen MR) is 163 cm³/mol. The van der Waals surface area contributed by atoms with E-state index in [1.165, 1.54) is 22.4 Å². The molecule has 0 radical (unpaired) electrons. The average molecular weight is 539 g/mol. The number of nitrogens with one attached hydrogen (secondary N) is 1. The third-order valence-corrected chi connectivity index (χ3v) is 6.27. The van der Waals surface area contributed by atoms with Gasteiger partial charge in [0.15, 0.2) is 0 Å². The monoisotopic (exact) mass is 538 g/mol. The van der Waals surface area contributed by atoms with E-state index in [1.54, 1.807) is 11.3 Å². The van der Waals surface area contributed by atoms with E-state index in [-0.39, 0.29) is 21.7 Å². The topological polar surface area (TPSA) is 72.3 Å². The van der Waals surface area contributed by atoms with Gasteiger partial charge in [0.2, 0.25) is 0 Å². The van der Waals surface area contributed by atoms with Crippen LogP contribution < -0.4 is 0 Å². The third-order valence-electron chi connectivity index (χ3n) is 5.68. The molecule has 0 aliphatic carbocycles. The van der Waals surface area contributed by atoms with Crippen LogP contribution in [0, 0.1) is 0 Å². The van der Waals surface area contributed by atoms with Gasteiger partial charge in [-0.1, -0.05) is 83.1 Å². The molecule has 0 amide bonds. The molecule has 7 heteroatoms. The fourth-order valence-corrected chi connectivity index (χ4v) is 3.68. The molecule has 0 spiro atoms. The first-order chi connectivity index (χ1) is 17.3. The Morgan fingerprint density at radius 2 is 1.26 bits per heavy atom. The Bertz CT molecular complexity index is 1090. The summed E-state index contributed by atoms with van der Waals surface area (Å²) in [5.74, 6) is 0. The van der Waals surface area contributed by atoms with Crippen LogP contribution >= 0.6 is 11.3 Å². The number of aryl methyl sites for hydroxylation is 1. The molecule has 0 aromatic carbocycles. The van der Waals surface area contributed by atoms with Gasteiger partial charge >= 0.3 is 0 Å². The third kappa shape index (κ3) is 12.6. The number of aromatic amines is 1. The first-order valence-corrected chi connectivity index (χ1v) is 14.0. The highest BCUT2D eigenvalue weighted by molar-refractivity contribution is 7.07. The molecule has 0 aliphatic rings. The average Bonchev–Trinajstić information content (AvgIpc) is 3.56. The van der Waals surface area contributed by atoms with Gasteiger partial charge in [0, 0.05) is 42.6 Å². The molecule has 4 rings (SSSR count). The van der Waals surface area contributed by atoms with Gasteiger partial charge in [0.1, 0.15) is 0 Å². The number of aromatic nitrogens is 6. The molecule has 6 nitrogen and oxygen atoms in total. The molecule has 0 saturated heterocycles. The lowest BCUT2D eigenvalue weighted by molar-refractivity contribution is 0.573. The number of rotatable bonds is 0. The number of hydrogen-bond acceptors (Lipinski definition) is 5. The fraction of sp³-hybridized carbons (Fsp3) is 0.548. The molecule has 4 aromatic rings. The second-order valence-electron chi connectivity index (χ2n) is 13.5. The molecular weight excluding hydrogens is 488 g/mol. The Hall–Kier alpha value is -2.80. The summed E-state index contributed by atoms with van der Waals surface area (Å²) in [6, 6.07) is 4.11. The van der Waals surface area contributed by atoms with Crippen molar-refractivity contribution in [3.8, 4) is 0 Å². The molecule has 1 N–H and O–H groups in total. The lowest BCUT2D eigenvalue weighted by atomic mass is 9.88. The van der Waals surface area contributed by atoms with E-state index in [9.17, 15) is 0 Å². The van der Waals surface area contributed by atoms with Crippen LogP contribution in [0.1, 0.15) is 105 Å². The second kappa shape index (κ2) is 13.8. The zero-order valence-corrected chi connectivity index (χ0v) is 26.7. The highest BCUT2D eigenvalue weighted by atomic mass is 32.1. The Kier molecular flexibility index (Phi) is 12.1. The molecule has 0 saturated carbocycles. The summed E-state index contributed by atoms with van der Waals surface area (Å²) in [7, 11) is 1.94. The molecule has 0 fully saturated rings. The SMILES string of the molecule is CC(C)(C)c1ccncc1.CC(C)(C)c1cn[nH]c1.CC(C)(C)c1cscn1.Cn1cc(C(C)(C)C)cn1. The minimum absolute atomic E-state index is 0.222. The van der Waals surface area contributed by atoms with Crippen LogP contribution in [0.25, 0.3) is 0 Å². The van der Waals surface area contributed by atoms with Gasteiger partial charge in [0.05, 0.1) is 23.6 Å². The predicted octanol–water partition coefficient (Wildman–Crippen LogP) is 8.24. The number of thiazole rings is 1. The lowest BCUT2D eigenvalue weighted by Gasteiger charge is -2.17. The zero-order valence-electron chi connectivity index (χ0n) is 25.9. The summed E-state index contributed by atoms with van der Waals surface area (Å²) < 4.78 is 1.83. The van der Waals surface area contributed by atoms with Crippen LogP contribution in [-0.2, 0) is 28.7 Å². The molecule has 210 valence electrons. The van der Waals surface area contributed by atoms with E-state index in [4.69, 9.17) is 0 Å². The van der Waals surface area contributed by atoms with Crippen molar-refractivity contribution in [1.82, 2.24) is 29.9 Å². The second-order valence-corrected chi connectivity index (χ2v) is 14.2. The van der Waals surface area contributed by atoms with Crippen molar-refractivity contribution in [3.05, 3.63) is 82.6 Å². The highest BCUT2D eigenvalue weighted by Gasteiger charge is 2.15. The molecule has 0 bridgehead atoms. The molecule has 0 unspecified atom stereocenters. The van der Waals surface area contributed by atoms with Gasteiger partial charge in [-0.15, -0.1) is 11.3 Å². The van der Waals surface area contributed by atoms with E-state index in [0.717, 1.165) is 0 Å². The number of hydrogen-bond donors (Lipinski definition) is 1. The number of H-pyrrole nitrogens is 1. The lowest BCUT2D eigenvalue weighted by Crippen LogP contribution is -2.10. The van der Waals surface area contributed by atoms with E-state index in [2.05, 4.69) is 132 Å². The van der Waals surface area contributed by atoms with E-state index >= 15 is 0 Å². The Labute approximate surface area is 235 Å². The van der Waals surface area contributed by atoms with Gasteiger partial charge < -0.3 is 0 Å². The maximum Gasteiger partial charge on any atom is 0.0794 e. The van der Waals surface area contributed by atoms with Crippen molar-refractivity contribution in [3.63, 3.8) is 0 Å². The summed E-state index contributed by atoms with van der Waals surface area (Å²) in [5, 5.41) is 12.8. The van der Waals surface area contributed by atoms with Crippen LogP contribution in [0.2, 0.25) is 0 Å². The van der Waals surface area contributed by atoms with Crippen LogP contribution in [0.4, 0.5) is 0 Å². The zero-order chi connectivity index (χ0) is 29.2. The molecule has 0 aliphatic heterocycles. The van der Waals surface area contributed by atoms with Crippen LogP contribution in [0.5, 0.6) is 0 Å². The molecule has 38 heavy (non-hydrogen) atoms. The molecule has 4 aromatic heterocycles. The quantitative estimate of drug-likeness (QED) is 0.245. The minimum Gasteiger partial charge on any atom is -0.285 e. The normalized spacial score (nSPS) is 11.8. The van der Waals surface area contributed by atoms with Crippen molar-refractivity contribution >= 4 is 11.3 Å². The van der Waals surface area contributed by atoms with Crippen LogP contribution in [0.15, 0.2) is 60.2 Å². The van der Waals surface area contributed by atoms with E-state index < -0.39 is 0 Å². The summed E-state index contributed by atoms with van der Waals surface area (Å²) >= 11 is 1.66. The van der Waals surface area contributed by atoms with E-state index in [0.29, 0.717) is 0 Å². The van der Waals surface area contributed by atoms with Gasteiger partial charge in [-0.2, -0.15) is 10.2 Å². The van der Waals surface area contributed by atoms with Crippen molar-refractivity contribution in [1.29, 1.82) is 0 Å². The summed E-state index contributed by atoms with van der Waals surface area (Å²) in [6.07, 6.45) is 11.4. The Balaban J connectivity index is 0.000000254. The smallest absolute Gasteiger partial charge is 0.0794 e. The first-order valence-electron chi connectivity index (χ1n) is 13.1. The van der Waals surface area contributed by atoms with Crippen LogP contribution in [-0.4, -0.2) is 29.9 Å². The van der Waals surface area contributed by atoms with Crippen LogP contribution in [0.3, 0.4) is 0 Å². The molecule has 4 heterocycles. The number of nitrogens with zero attached hydrogens (tertiary/aromatic N) is 5. The van der Waals surface area contributed by atoms with Crippen molar-refractivity contribution < 1.29 is 0 Å². The number of pyridine rings is 1. The standard InChI is InChI=1S/C9H13N.C8H14N2.C7H12N2.C7H11NS/c1-9(2,3)8-4-6-10-7-5-8;1-8(2,3)7-5-9-10(4)6-7;1-7(2,3)6-4-8-9-5-6;1-7(2,3)6-4-9-5-8-6/h4-7H,1-3H3;5-6H,1-4H3;4-5H,1-3H3,(H,8,9);4-5H,1-3H3. The van der Waals surface area contributed by atoms with E-state index in [1.807, 2.05) is 48.2 Å².